The van der Waals surface area contributed by atoms with Gasteiger partial charge in [-0.15, -0.1) is 0 Å². The summed E-state index contributed by atoms with van der Waals surface area (Å²) in [6.07, 6.45) is -8.88. The molecule has 0 saturated heterocycles. The zero-order valence-electron chi connectivity index (χ0n) is 10.7. The van der Waals surface area contributed by atoms with Gasteiger partial charge in [-0.1, -0.05) is 0 Å². The number of hydrogen-bond donors (Lipinski definition) is 0. The first-order valence-corrected chi connectivity index (χ1v) is 5.65. The zero-order valence-corrected chi connectivity index (χ0v) is 10.7. The Morgan fingerprint density at radius 2 is 2.10 bits per heavy atom. The van der Waals surface area contributed by atoms with Gasteiger partial charge in [-0.05, 0) is 6.92 Å². The monoisotopic (exact) mass is 308 g/mol. The quantitative estimate of drug-likeness (QED) is 0.633. The van der Waals surface area contributed by atoms with Crippen LogP contribution in [0, 0.1) is 11.3 Å². The lowest BCUT2D eigenvalue weighted by Gasteiger charge is -2.14. The first-order valence-electron chi connectivity index (χ1n) is 5.65. The van der Waals surface area contributed by atoms with E-state index in [-0.39, 0.29) is 12.8 Å². The van der Waals surface area contributed by atoms with Crippen molar-refractivity contribution in [3.05, 3.63) is 28.6 Å². The third-order valence-electron chi connectivity index (χ3n) is 2.46. The Hall–Kier alpha value is -2.24. The third kappa shape index (κ3) is 3.87. The summed E-state index contributed by atoms with van der Waals surface area (Å²) in [5, 5.41) is 8.84. The topological polar surface area (TPSA) is 63.0 Å². The van der Waals surface area contributed by atoms with E-state index in [0.717, 1.165) is 0 Å². The van der Waals surface area contributed by atoms with Gasteiger partial charge >= 0.3 is 12.1 Å². The van der Waals surface area contributed by atoms with Gasteiger partial charge in [0.25, 0.3) is 6.43 Å². The molecule has 0 saturated carbocycles. The largest absolute Gasteiger partial charge is 0.466 e. The molecule has 0 unspecified atom stereocenters. The van der Waals surface area contributed by atoms with Crippen LogP contribution in [-0.2, 0) is 22.1 Å². The smallest absolute Gasteiger partial charge is 0.419 e. The Balaban J connectivity index is 3.47. The van der Waals surface area contributed by atoms with Gasteiger partial charge in [0.1, 0.15) is 11.8 Å². The van der Waals surface area contributed by atoms with E-state index in [9.17, 15) is 26.7 Å². The minimum absolute atomic E-state index is 0.0723. The molecule has 9 heteroatoms. The minimum Gasteiger partial charge on any atom is -0.466 e. The maximum atomic E-state index is 12.8. The normalized spacial score (nSPS) is 11.3. The molecule has 4 nitrogen and oxygen atoms in total. The van der Waals surface area contributed by atoms with Crippen molar-refractivity contribution in [2.24, 2.45) is 0 Å². The van der Waals surface area contributed by atoms with Crippen LogP contribution in [0.15, 0.2) is 6.20 Å². The highest BCUT2D eigenvalue weighted by atomic mass is 19.4. The van der Waals surface area contributed by atoms with Gasteiger partial charge in [-0.2, -0.15) is 18.4 Å². The van der Waals surface area contributed by atoms with Crippen molar-refractivity contribution in [3.8, 4) is 6.07 Å². The summed E-state index contributed by atoms with van der Waals surface area (Å²) >= 11 is 0. The summed E-state index contributed by atoms with van der Waals surface area (Å²) in [7, 11) is 0. The number of ether oxygens (including phenoxy) is 1. The maximum absolute atomic E-state index is 12.8. The Bertz CT molecular complexity index is 578. The molecular weight excluding hydrogens is 299 g/mol. The van der Waals surface area contributed by atoms with Crippen LogP contribution in [0.5, 0.6) is 0 Å². The number of halogens is 5. The second kappa shape index (κ2) is 6.47. The molecule has 1 aromatic rings. The van der Waals surface area contributed by atoms with E-state index >= 15 is 0 Å². The van der Waals surface area contributed by atoms with E-state index in [2.05, 4.69) is 9.72 Å². The molecule has 21 heavy (non-hydrogen) atoms. The molecule has 0 radical (unpaired) electrons. The molecule has 0 atom stereocenters. The summed E-state index contributed by atoms with van der Waals surface area (Å²) < 4.78 is 68.3. The van der Waals surface area contributed by atoms with Crippen molar-refractivity contribution in [1.82, 2.24) is 4.98 Å². The second-order valence-corrected chi connectivity index (χ2v) is 3.80. The second-order valence-electron chi connectivity index (χ2n) is 3.80. The fourth-order valence-electron chi connectivity index (χ4n) is 1.63. The number of rotatable bonds is 4. The highest BCUT2D eigenvalue weighted by molar-refractivity contribution is 5.74. The molecule has 0 amide bonds. The van der Waals surface area contributed by atoms with Crippen LogP contribution in [-0.4, -0.2) is 17.6 Å². The van der Waals surface area contributed by atoms with Crippen LogP contribution in [0.2, 0.25) is 0 Å². The fourth-order valence-corrected chi connectivity index (χ4v) is 1.63. The van der Waals surface area contributed by atoms with Gasteiger partial charge in [0.15, 0.2) is 0 Å². The number of alkyl halides is 5. The predicted octanol–water partition coefficient (Wildman–Crippen LogP) is 3.02. The molecule has 0 aliphatic carbocycles. The molecule has 0 aliphatic heterocycles. The Labute approximate surface area is 116 Å². The van der Waals surface area contributed by atoms with Crippen LogP contribution in [0.4, 0.5) is 22.0 Å². The van der Waals surface area contributed by atoms with Crippen LogP contribution >= 0.6 is 0 Å². The number of nitrogens with zero attached hydrogens (tertiary/aromatic N) is 2. The molecule has 1 heterocycles. The lowest BCUT2D eigenvalue weighted by Crippen LogP contribution is -2.17. The lowest BCUT2D eigenvalue weighted by molar-refractivity contribution is -0.143. The highest BCUT2D eigenvalue weighted by Gasteiger charge is 2.37. The molecule has 0 aliphatic rings. The SMILES string of the molecule is CCOC(=O)Cc1c(C(F)F)ncc(C(F)(F)F)c1C#N. The zero-order chi connectivity index (χ0) is 16.2. The standard InChI is InChI=1S/C12H9F5N2O2/c1-2-21-9(20)3-6-7(4-18)8(12(15,16)17)5-19-10(6)11(13)14/h5,11H,2-3H2,1H3. The van der Waals surface area contributed by atoms with Crippen LogP contribution in [0.1, 0.15) is 35.7 Å². The van der Waals surface area contributed by atoms with Gasteiger partial charge in [0.2, 0.25) is 0 Å². The highest BCUT2D eigenvalue weighted by Crippen LogP contribution is 2.35. The summed E-state index contributed by atoms with van der Waals surface area (Å²) in [5.74, 6) is -1.02. The van der Waals surface area contributed by atoms with Crippen molar-refractivity contribution >= 4 is 5.97 Å². The molecule has 114 valence electrons. The molecular formula is C12H9F5N2O2. The molecule has 0 aromatic carbocycles. The van der Waals surface area contributed by atoms with Crippen LogP contribution in [0.3, 0.4) is 0 Å². The summed E-state index contributed by atoms with van der Waals surface area (Å²) in [6, 6.07) is 1.21. The molecule has 1 aromatic heterocycles. The van der Waals surface area contributed by atoms with E-state index in [1.165, 1.54) is 13.0 Å². The van der Waals surface area contributed by atoms with Gasteiger partial charge in [0.05, 0.1) is 24.2 Å². The van der Waals surface area contributed by atoms with E-state index < -0.39 is 47.4 Å². The van der Waals surface area contributed by atoms with Crippen molar-refractivity contribution in [2.45, 2.75) is 25.9 Å². The number of nitriles is 1. The summed E-state index contributed by atoms with van der Waals surface area (Å²) in [5.41, 5.74) is -4.30. The number of carbonyl (C=O) groups is 1. The average Bonchev–Trinajstić information content (AvgIpc) is 2.36. The van der Waals surface area contributed by atoms with Gasteiger partial charge in [0, 0.05) is 11.8 Å². The van der Waals surface area contributed by atoms with E-state index in [4.69, 9.17) is 5.26 Å². The predicted molar refractivity (Wildman–Crippen MR) is 59.2 cm³/mol. The first-order chi connectivity index (χ1) is 9.72. The van der Waals surface area contributed by atoms with Gasteiger partial charge in [-0.25, -0.2) is 8.78 Å². The fraction of sp³-hybridized carbons (Fsp3) is 0.417. The summed E-state index contributed by atoms with van der Waals surface area (Å²) in [4.78, 5) is 14.4. The molecule has 1 rings (SSSR count). The summed E-state index contributed by atoms with van der Waals surface area (Å²) in [6.45, 7) is 1.37. The molecule has 0 N–H and O–H groups in total. The number of carbonyl (C=O) groups excluding carboxylic acids is 1. The molecule has 0 fully saturated rings. The van der Waals surface area contributed by atoms with Crippen LogP contribution in [0.25, 0.3) is 0 Å². The van der Waals surface area contributed by atoms with Gasteiger partial charge < -0.3 is 4.74 Å². The van der Waals surface area contributed by atoms with Crippen molar-refractivity contribution in [1.29, 1.82) is 5.26 Å². The Morgan fingerprint density at radius 1 is 1.48 bits per heavy atom. The van der Waals surface area contributed by atoms with Crippen LogP contribution < -0.4 is 0 Å². The number of esters is 1. The Morgan fingerprint density at radius 3 is 2.52 bits per heavy atom. The van der Waals surface area contributed by atoms with Gasteiger partial charge in [-0.3, -0.25) is 9.78 Å². The number of hydrogen-bond acceptors (Lipinski definition) is 4. The number of pyridine rings is 1. The minimum atomic E-state index is -4.94. The first kappa shape index (κ1) is 16.8. The lowest BCUT2D eigenvalue weighted by atomic mass is 9.99. The van der Waals surface area contributed by atoms with Crippen molar-refractivity contribution in [2.75, 3.05) is 6.61 Å². The van der Waals surface area contributed by atoms with E-state index in [0.29, 0.717) is 0 Å². The van der Waals surface area contributed by atoms with E-state index in [1.807, 2.05) is 0 Å². The number of aromatic nitrogens is 1. The molecule has 0 bridgehead atoms. The van der Waals surface area contributed by atoms with Crippen molar-refractivity contribution in [3.63, 3.8) is 0 Å². The third-order valence-corrected chi connectivity index (χ3v) is 2.46. The van der Waals surface area contributed by atoms with E-state index in [1.54, 1.807) is 0 Å². The Kier molecular flexibility index (Phi) is 5.18. The van der Waals surface area contributed by atoms with Crippen molar-refractivity contribution < 1.29 is 31.5 Å². The maximum Gasteiger partial charge on any atom is 0.419 e. The molecule has 0 spiro atoms. The average molecular weight is 308 g/mol.